The number of H-pyrrole nitrogens is 1. The molecule has 0 spiro atoms. The molecule has 3 unspecified atom stereocenters. The van der Waals surface area contributed by atoms with Gasteiger partial charge in [-0.25, -0.2) is 9.37 Å². The average Bonchev–Trinajstić information content (AvgIpc) is 3.65. The van der Waals surface area contributed by atoms with Crippen LogP contribution in [0.15, 0.2) is 36.4 Å². The van der Waals surface area contributed by atoms with E-state index in [2.05, 4.69) is 20.9 Å². The number of imidazole rings is 1. The van der Waals surface area contributed by atoms with E-state index in [-0.39, 0.29) is 47.1 Å². The summed E-state index contributed by atoms with van der Waals surface area (Å²) in [5.74, 6) is -1.20. The molecule has 3 aromatic rings. The van der Waals surface area contributed by atoms with E-state index in [9.17, 15) is 18.8 Å². The van der Waals surface area contributed by atoms with Crippen molar-refractivity contribution in [3.8, 4) is 0 Å². The van der Waals surface area contributed by atoms with E-state index in [0.29, 0.717) is 42.0 Å². The molecule has 2 heterocycles. The molecule has 248 valence electrons. The van der Waals surface area contributed by atoms with Crippen LogP contribution in [0, 0.1) is 23.6 Å². The monoisotopic (exact) mass is 653 g/mol. The Labute approximate surface area is 274 Å². The fourth-order valence-corrected chi connectivity index (χ4v) is 6.91. The number of hydrogen-bond acceptors (Lipinski definition) is 5. The van der Waals surface area contributed by atoms with Crippen LogP contribution in [-0.4, -0.2) is 53.5 Å². The largest absolute Gasteiger partial charge is 0.380 e. The number of halogens is 2. The number of hydrogen-bond donors (Lipinski definition) is 4. The van der Waals surface area contributed by atoms with Gasteiger partial charge in [-0.2, -0.15) is 0 Å². The van der Waals surface area contributed by atoms with Gasteiger partial charge in [-0.3, -0.25) is 14.4 Å². The molecule has 4 N–H and O–H groups in total. The Morgan fingerprint density at radius 2 is 1.87 bits per heavy atom. The van der Waals surface area contributed by atoms with Crippen molar-refractivity contribution in [3.05, 3.63) is 64.2 Å². The van der Waals surface area contributed by atoms with Crippen LogP contribution in [0.4, 0.5) is 4.39 Å². The molecule has 1 aliphatic carbocycles. The normalized spacial score (nSPS) is 20.4. The molecule has 5 rings (SSSR count). The number of aromatic nitrogens is 2. The topological polar surface area (TPSA) is 125 Å². The second-order valence-electron chi connectivity index (χ2n) is 13.3. The van der Waals surface area contributed by atoms with Crippen LogP contribution < -0.4 is 16.0 Å². The molecule has 4 atom stereocenters. The molecule has 1 saturated heterocycles. The van der Waals surface area contributed by atoms with E-state index < -0.39 is 29.2 Å². The van der Waals surface area contributed by atoms with Crippen LogP contribution in [0.3, 0.4) is 0 Å². The van der Waals surface area contributed by atoms with Gasteiger partial charge in [0.2, 0.25) is 17.7 Å². The maximum absolute atomic E-state index is 14.6. The minimum Gasteiger partial charge on any atom is -0.380 e. The summed E-state index contributed by atoms with van der Waals surface area (Å²) in [5, 5.41) is 9.14. The maximum Gasteiger partial charge on any atom is 0.242 e. The summed E-state index contributed by atoms with van der Waals surface area (Å²) in [5.41, 5.74) is 1.69. The van der Waals surface area contributed by atoms with E-state index in [1.165, 1.54) is 6.07 Å². The average molecular weight is 654 g/mol. The van der Waals surface area contributed by atoms with Gasteiger partial charge in [0.1, 0.15) is 17.7 Å². The van der Waals surface area contributed by atoms with Gasteiger partial charge in [0, 0.05) is 25.0 Å². The second kappa shape index (κ2) is 14.1. The number of fused-ring (bicyclic) bond motifs is 1. The second-order valence-corrected chi connectivity index (χ2v) is 13.7. The van der Waals surface area contributed by atoms with Gasteiger partial charge >= 0.3 is 0 Å². The number of amides is 3. The summed E-state index contributed by atoms with van der Waals surface area (Å²) in [4.78, 5) is 48.4. The molecule has 46 heavy (non-hydrogen) atoms. The molecule has 2 fully saturated rings. The first-order chi connectivity index (χ1) is 22.0. The van der Waals surface area contributed by atoms with E-state index in [1.807, 2.05) is 52.8 Å². The predicted molar refractivity (Wildman–Crippen MR) is 176 cm³/mol. The number of aromatic amines is 1. The van der Waals surface area contributed by atoms with Crippen LogP contribution >= 0.6 is 11.6 Å². The zero-order valence-electron chi connectivity index (χ0n) is 27.2. The van der Waals surface area contributed by atoms with Gasteiger partial charge in [0.25, 0.3) is 0 Å². The van der Waals surface area contributed by atoms with E-state index in [0.717, 1.165) is 24.8 Å². The Morgan fingerprint density at radius 1 is 1.11 bits per heavy atom. The highest BCUT2D eigenvalue weighted by Gasteiger charge is 2.46. The van der Waals surface area contributed by atoms with Gasteiger partial charge in [-0.05, 0) is 67.3 Å². The third-order valence-electron chi connectivity index (χ3n) is 9.59. The summed E-state index contributed by atoms with van der Waals surface area (Å²) < 4.78 is 20.4. The fraction of sp³-hybridized carbons (Fsp3) is 0.543. The number of carbonyl (C=O) groups excluding carboxylic acids is 3. The fourth-order valence-electron chi connectivity index (χ4n) is 6.66. The molecule has 1 aliphatic heterocycles. The van der Waals surface area contributed by atoms with Crippen molar-refractivity contribution in [2.24, 2.45) is 17.8 Å². The van der Waals surface area contributed by atoms with Crippen molar-refractivity contribution in [3.63, 3.8) is 0 Å². The van der Waals surface area contributed by atoms with Crippen molar-refractivity contribution in [1.82, 2.24) is 25.9 Å². The van der Waals surface area contributed by atoms with Crippen molar-refractivity contribution < 1.29 is 23.5 Å². The minimum absolute atomic E-state index is 0.0189. The molecule has 3 amide bonds. The Balaban J connectivity index is 1.53. The first kappa shape index (κ1) is 33.9. The molecule has 9 nitrogen and oxygen atoms in total. The lowest BCUT2D eigenvalue weighted by Crippen LogP contribution is -2.57. The molecular formula is C35H45ClFN5O4. The summed E-state index contributed by atoms with van der Waals surface area (Å²) in [7, 11) is 0. The molecule has 2 aliphatic rings. The highest BCUT2D eigenvalue weighted by atomic mass is 35.5. The predicted octanol–water partition coefficient (Wildman–Crippen LogP) is 5.69. The molecule has 0 bridgehead atoms. The Hall–Kier alpha value is -3.50. The highest BCUT2D eigenvalue weighted by Crippen LogP contribution is 2.42. The lowest BCUT2D eigenvalue weighted by Gasteiger charge is -2.36. The molecule has 1 aromatic heterocycles. The first-order valence-electron chi connectivity index (χ1n) is 16.4. The summed E-state index contributed by atoms with van der Waals surface area (Å²) in [6, 6.07) is 9.14. The molecule has 1 saturated carbocycles. The third-order valence-corrected chi connectivity index (χ3v) is 9.98. The van der Waals surface area contributed by atoms with Gasteiger partial charge < -0.3 is 25.7 Å². The Morgan fingerprint density at radius 3 is 2.48 bits per heavy atom. The van der Waals surface area contributed by atoms with Crippen LogP contribution in [0.5, 0.6) is 0 Å². The number of likely N-dealkylation sites (N-methyl/N-ethyl adjacent to an activating group) is 1. The number of nitrogens with zero attached hydrogens (tertiary/aromatic N) is 1. The lowest BCUT2D eigenvalue weighted by atomic mass is 9.76. The van der Waals surface area contributed by atoms with Crippen LogP contribution in [0.25, 0.3) is 11.0 Å². The Bertz CT molecular complexity index is 1580. The number of rotatable bonds is 12. The zero-order valence-corrected chi connectivity index (χ0v) is 28.0. The van der Waals surface area contributed by atoms with Crippen molar-refractivity contribution in [1.29, 1.82) is 0 Å². The minimum atomic E-state index is -0.977. The summed E-state index contributed by atoms with van der Waals surface area (Å²) in [6.45, 7) is 10.6. The van der Waals surface area contributed by atoms with E-state index in [4.69, 9.17) is 21.3 Å². The smallest absolute Gasteiger partial charge is 0.242 e. The Kier molecular flexibility index (Phi) is 10.4. The molecular weight excluding hydrogens is 609 g/mol. The SMILES string of the molecule is CCNC(=O)[C@H](NC(=O)C1(c2ccc3nc(C(NC(=O)C(C)C)C(c4cccc(F)c4Cl)C(C)C)[nH]c3c2)CCOC1)C1CCC1. The quantitative estimate of drug-likeness (QED) is 0.200. The van der Waals surface area contributed by atoms with Gasteiger partial charge in [0.15, 0.2) is 0 Å². The molecule has 2 aromatic carbocycles. The number of benzene rings is 2. The zero-order chi connectivity index (χ0) is 33.2. The van der Waals surface area contributed by atoms with Crippen LogP contribution in [-0.2, 0) is 24.5 Å². The highest BCUT2D eigenvalue weighted by molar-refractivity contribution is 6.31. The molecule has 0 radical (unpaired) electrons. The number of nitrogens with one attached hydrogen (secondary N) is 4. The molecule has 11 heteroatoms. The summed E-state index contributed by atoms with van der Waals surface area (Å²) in [6.07, 6.45) is 3.33. The standard InChI is InChI=1S/C35H45ClFN5O4/c1-6-38-33(44)29(21-9-7-10-21)42-34(45)35(15-16-46-18-35)22-13-14-25-26(17-22)40-31(39-25)30(41-32(43)20(4)5)27(19(2)3)23-11-8-12-24(37)28(23)36/h8,11-14,17,19-21,27,29-30H,6-7,9-10,15-16,18H2,1-5H3,(H,38,44)(H,39,40)(H,41,43)(H,42,45)/t27?,29-,30?,35?/m1/s1. The van der Waals surface area contributed by atoms with Gasteiger partial charge in [0.05, 0.1) is 34.1 Å². The first-order valence-corrected chi connectivity index (χ1v) is 16.8. The van der Waals surface area contributed by atoms with Gasteiger partial charge in [-0.15, -0.1) is 0 Å². The van der Waals surface area contributed by atoms with E-state index >= 15 is 0 Å². The van der Waals surface area contributed by atoms with Crippen LogP contribution in [0.2, 0.25) is 5.02 Å². The third kappa shape index (κ3) is 6.65. The number of carbonyl (C=O) groups is 3. The summed E-state index contributed by atoms with van der Waals surface area (Å²) >= 11 is 6.49. The lowest BCUT2D eigenvalue weighted by molar-refractivity contribution is -0.134. The van der Waals surface area contributed by atoms with E-state index in [1.54, 1.807) is 12.1 Å². The number of ether oxygens (including phenoxy) is 1. The maximum atomic E-state index is 14.6. The van der Waals surface area contributed by atoms with Crippen molar-refractivity contribution in [2.75, 3.05) is 19.8 Å². The van der Waals surface area contributed by atoms with Crippen molar-refractivity contribution in [2.45, 2.75) is 83.7 Å². The van der Waals surface area contributed by atoms with Crippen molar-refractivity contribution >= 4 is 40.4 Å². The van der Waals surface area contributed by atoms with Crippen LogP contribution in [0.1, 0.15) is 89.2 Å². The van der Waals surface area contributed by atoms with Gasteiger partial charge in [-0.1, -0.05) is 63.9 Å².